The van der Waals surface area contributed by atoms with Crippen molar-refractivity contribution in [2.75, 3.05) is 18.4 Å². The Morgan fingerprint density at radius 3 is 2.18 bits per heavy atom. The first kappa shape index (κ1) is 20.4. The van der Waals surface area contributed by atoms with E-state index in [1.807, 2.05) is 18.2 Å². The average Bonchev–Trinajstić information content (AvgIpc) is 2.73. The summed E-state index contributed by atoms with van der Waals surface area (Å²) in [7, 11) is 0. The van der Waals surface area contributed by atoms with Crippen LogP contribution in [0.1, 0.15) is 48.2 Å². The van der Waals surface area contributed by atoms with Crippen molar-refractivity contribution in [3.8, 4) is 0 Å². The maximum absolute atomic E-state index is 12.9. The molecule has 0 aromatic heterocycles. The summed E-state index contributed by atoms with van der Waals surface area (Å²) in [6.45, 7) is 5.34. The summed E-state index contributed by atoms with van der Waals surface area (Å²) in [5.74, 6) is -0.0839. The van der Waals surface area contributed by atoms with E-state index in [0.29, 0.717) is 36.5 Å². The molecule has 0 radical (unpaired) electrons. The van der Waals surface area contributed by atoms with Crippen molar-refractivity contribution in [3.05, 3.63) is 64.2 Å². The zero-order valence-electron chi connectivity index (χ0n) is 16.5. The largest absolute Gasteiger partial charge is 0.339 e. The first-order valence-corrected chi connectivity index (χ1v) is 10.4. The van der Waals surface area contributed by atoms with Crippen molar-refractivity contribution in [2.24, 2.45) is 5.92 Å². The molecule has 2 aromatic rings. The molecule has 0 atom stereocenters. The maximum atomic E-state index is 12.9. The SMILES string of the molecule is CCc1cccc(CC)c1NC(=O)C1CCN(C(=O)c2ccccc2Cl)CC1. The molecule has 1 N–H and O–H groups in total. The van der Waals surface area contributed by atoms with E-state index in [9.17, 15) is 9.59 Å². The lowest BCUT2D eigenvalue weighted by Gasteiger charge is -2.32. The summed E-state index contributed by atoms with van der Waals surface area (Å²) in [6.07, 6.45) is 3.10. The van der Waals surface area contributed by atoms with Crippen LogP contribution in [0.15, 0.2) is 42.5 Å². The van der Waals surface area contributed by atoms with Gasteiger partial charge in [-0.2, -0.15) is 0 Å². The number of aryl methyl sites for hydroxylation is 2. The number of piperidine rings is 1. The van der Waals surface area contributed by atoms with Crippen molar-refractivity contribution in [1.29, 1.82) is 0 Å². The van der Waals surface area contributed by atoms with Crippen LogP contribution in [0.2, 0.25) is 5.02 Å². The number of hydrogen-bond donors (Lipinski definition) is 1. The zero-order chi connectivity index (χ0) is 20.1. The summed E-state index contributed by atoms with van der Waals surface area (Å²) in [5, 5.41) is 3.64. The Morgan fingerprint density at radius 1 is 1.00 bits per heavy atom. The molecule has 0 unspecified atom stereocenters. The van der Waals surface area contributed by atoms with Crippen molar-refractivity contribution in [1.82, 2.24) is 4.90 Å². The molecule has 1 fully saturated rings. The highest BCUT2D eigenvalue weighted by Crippen LogP contribution is 2.26. The number of hydrogen-bond acceptors (Lipinski definition) is 2. The minimum Gasteiger partial charge on any atom is -0.339 e. The van der Waals surface area contributed by atoms with Gasteiger partial charge in [0.2, 0.25) is 5.91 Å². The second-order valence-electron chi connectivity index (χ2n) is 7.19. The predicted octanol–water partition coefficient (Wildman–Crippen LogP) is 4.96. The van der Waals surface area contributed by atoms with Gasteiger partial charge in [-0.05, 0) is 48.9 Å². The van der Waals surface area contributed by atoms with Gasteiger partial charge in [0.15, 0.2) is 0 Å². The number of rotatable bonds is 5. The zero-order valence-corrected chi connectivity index (χ0v) is 17.3. The minimum absolute atomic E-state index is 0.0560. The van der Waals surface area contributed by atoms with Gasteiger partial charge in [0, 0.05) is 24.7 Å². The molecule has 0 bridgehead atoms. The Hall–Kier alpha value is -2.33. The third-order valence-corrected chi connectivity index (χ3v) is 5.83. The van der Waals surface area contributed by atoms with Gasteiger partial charge in [-0.25, -0.2) is 0 Å². The van der Waals surface area contributed by atoms with Crippen LogP contribution >= 0.6 is 11.6 Å². The average molecular weight is 399 g/mol. The Kier molecular flexibility index (Phi) is 6.74. The first-order chi connectivity index (χ1) is 13.5. The fourth-order valence-corrected chi connectivity index (χ4v) is 3.99. The lowest BCUT2D eigenvalue weighted by molar-refractivity contribution is -0.121. The van der Waals surface area contributed by atoms with Crippen molar-refractivity contribution in [2.45, 2.75) is 39.5 Å². The third kappa shape index (κ3) is 4.39. The van der Waals surface area contributed by atoms with Gasteiger partial charge in [0.1, 0.15) is 0 Å². The second-order valence-corrected chi connectivity index (χ2v) is 7.60. The van der Waals surface area contributed by atoms with E-state index in [4.69, 9.17) is 11.6 Å². The van der Waals surface area contributed by atoms with Gasteiger partial charge in [-0.15, -0.1) is 0 Å². The number of nitrogens with zero attached hydrogens (tertiary/aromatic N) is 1. The molecule has 0 spiro atoms. The molecule has 1 aliphatic heterocycles. The van der Waals surface area contributed by atoms with Gasteiger partial charge in [0.25, 0.3) is 5.91 Å². The molecule has 148 valence electrons. The summed E-state index contributed by atoms with van der Waals surface area (Å²) in [4.78, 5) is 27.4. The molecule has 1 heterocycles. The van der Waals surface area contributed by atoms with Crippen LogP contribution in [0.4, 0.5) is 5.69 Å². The quantitative estimate of drug-likeness (QED) is 0.774. The monoisotopic (exact) mass is 398 g/mol. The summed E-state index contributed by atoms with van der Waals surface area (Å²) >= 11 is 6.15. The Balaban J connectivity index is 1.63. The van der Waals surface area contributed by atoms with Crippen LogP contribution in [0, 0.1) is 5.92 Å². The molecule has 3 rings (SSSR count). The molecule has 28 heavy (non-hydrogen) atoms. The van der Waals surface area contributed by atoms with Crippen LogP contribution < -0.4 is 5.32 Å². The minimum atomic E-state index is -0.0788. The third-order valence-electron chi connectivity index (χ3n) is 5.50. The van der Waals surface area contributed by atoms with E-state index >= 15 is 0 Å². The van der Waals surface area contributed by atoms with Gasteiger partial charge in [-0.3, -0.25) is 9.59 Å². The number of benzene rings is 2. The molecular weight excluding hydrogens is 372 g/mol. The van der Waals surface area contributed by atoms with Gasteiger partial charge in [0.05, 0.1) is 10.6 Å². The molecule has 0 saturated carbocycles. The molecule has 5 heteroatoms. The number of para-hydroxylation sites is 1. The lowest BCUT2D eigenvalue weighted by Crippen LogP contribution is -2.41. The second kappa shape index (κ2) is 9.24. The number of likely N-dealkylation sites (tertiary alicyclic amines) is 1. The number of carbonyl (C=O) groups is 2. The Bertz CT molecular complexity index is 835. The standard InChI is InChI=1S/C23H27ClN2O2/c1-3-16-8-7-9-17(4-2)21(16)25-22(27)18-12-14-26(15-13-18)23(28)19-10-5-6-11-20(19)24/h5-11,18H,3-4,12-15H2,1-2H3,(H,25,27). The molecule has 2 aromatic carbocycles. The van der Waals surface area contributed by atoms with Crippen LogP contribution in [0.25, 0.3) is 0 Å². The maximum Gasteiger partial charge on any atom is 0.255 e. The van der Waals surface area contributed by atoms with Crippen molar-refractivity contribution < 1.29 is 9.59 Å². The van der Waals surface area contributed by atoms with E-state index < -0.39 is 0 Å². The lowest BCUT2D eigenvalue weighted by atomic mass is 9.94. The van der Waals surface area contributed by atoms with E-state index in [0.717, 1.165) is 18.5 Å². The van der Waals surface area contributed by atoms with E-state index in [-0.39, 0.29) is 17.7 Å². The van der Waals surface area contributed by atoms with Gasteiger partial charge >= 0.3 is 0 Å². The highest BCUT2D eigenvalue weighted by molar-refractivity contribution is 6.33. The van der Waals surface area contributed by atoms with Crippen molar-refractivity contribution in [3.63, 3.8) is 0 Å². The molecule has 0 aliphatic carbocycles. The predicted molar refractivity (Wildman–Crippen MR) is 114 cm³/mol. The molecule has 4 nitrogen and oxygen atoms in total. The van der Waals surface area contributed by atoms with Crippen LogP contribution in [-0.2, 0) is 17.6 Å². The van der Waals surface area contributed by atoms with E-state index in [1.54, 1.807) is 17.0 Å². The topological polar surface area (TPSA) is 49.4 Å². The molecule has 1 aliphatic rings. The van der Waals surface area contributed by atoms with Gasteiger partial charge in [-0.1, -0.05) is 55.8 Å². The molecule has 1 saturated heterocycles. The van der Waals surface area contributed by atoms with Crippen LogP contribution in [0.3, 0.4) is 0 Å². The summed E-state index contributed by atoms with van der Waals surface area (Å²) in [6, 6.07) is 13.3. The highest BCUT2D eigenvalue weighted by atomic mass is 35.5. The Labute approximate surface area is 171 Å². The molecule has 2 amide bonds. The highest BCUT2D eigenvalue weighted by Gasteiger charge is 2.29. The number of amides is 2. The molecular formula is C23H27ClN2O2. The smallest absolute Gasteiger partial charge is 0.255 e. The number of anilines is 1. The van der Waals surface area contributed by atoms with Crippen molar-refractivity contribution >= 4 is 29.1 Å². The number of nitrogens with one attached hydrogen (secondary N) is 1. The summed E-state index contributed by atoms with van der Waals surface area (Å²) < 4.78 is 0. The number of halogens is 1. The Morgan fingerprint density at radius 2 is 1.61 bits per heavy atom. The van der Waals surface area contributed by atoms with E-state index in [1.165, 1.54) is 11.1 Å². The summed E-state index contributed by atoms with van der Waals surface area (Å²) in [5.41, 5.74) is 3.82. The fraction of sp³-hybridized carbons (Fsp3) is 0.391. The fourth-order valence-electron chi connectivity index (χ4n) is 3.78. The number of carbonyl (C=O) groups excluding carboxylic acids is 2. The first-order valence-electron chi connectivity index (χ1n) is 10.0. The van der Waals surface area contributed by atoms with Crippen LogP contribution in [0.5, 0.6) is 0 Å². The van der Waals surface area contributed by atoms with Crippen LogP contribution in [-0.4, -0.2) is 29.8 Å². The normalized spacial score (nSPS) is 14.8. The van der Waals surface area contributed by atoms with E-state index in [2.05, 4.69) is 31.3 Å². The van der Waals surface area contributed by atoms with Gasteiger partial charge < -0.3 is 10.2 Å².